The van der Waals surface area contributed by atoms with Gasteiger partial charge in [0.2, 0.25) is 0 Å². The van der Waals surface area contributed by atoms with Crippen molar-refractivity contribution in [1.82, 2.24) is 19.9 Å². The van der Waals surface area contributed by atoms with Crippen molar-refractivity contribution in [3.63, 3.8) is 0 Å². The van der Waals surface area contributed by atoms with Gasteiger partial charge in [-0.05, 0) is 6.26 Å². The molecule has 0 amide bonds. The van der Waals surface area contributed by atoms with Crippen LogP contribution in [0.2, 0.25) is 0 Å². The van der Waals surface area contributed by atoms with Gasteiger partial charge in [-0.15, -0.1) is 0 Å². The van der Waals surface area contributed by atoms with Gasteiger partial charge in [0.1, 0.15) is 0 Å². The van der Waals surface area contributed by atoms with E-state index in [9.17, 15) is 0 Å². The van der Waals surface area contributed by atoms with Gasteiger partial charge in [-0.1, -0.05) is 72.4 Å². The molecule has 0 fully saturated rings. The number of thioether (sulfide) groups is 1. The van der Waals surface area contributed by atoms with E-state index in [0.29, 0.717) is 22.1 Å². The molecule has 0 saturated carbocycles. The highest BCUT2D eigenvalue weighted by molar-refractivity contribution is 7.98. The zero-order valence-electron chi connectivity index (χ0n) is 13.5. The van der Waals surface area contributed by atoms with Crippen molar-refractivity contribution in [2.75, 3.05) is 12.0 Å². The number of fused-ring (bicyclic) bond motifs is 1. The Bertz CT molecular complexity index is 1040. The number of hydrogen-bond donors (Lipinski definition) is 1. The Morgan fingerprint density at radius 2 is 1.28 bits per heavy atom. The fourth-order valence-corrected chi connectivity index (χ4v) is 3.00. The van der Waals surface area contributed by atoms with Gasteiger partial charge in [-0.2, -0.15) is 0 Å². The molecule has 122 valence electrons. The van der Waals surface area contributed by atoms with Gasteiger partial charge < -0.3 is 5.73 Å². The van der Waals surface area contributed by atoms with Crippen LogP contribution in [0.5, 0.6) is 0 Å². The molecule has 4 rings (SSSR count). The number of aromatic nitrogens is 4. The Hall–Kier alpha value is -2.99. The summed E-state index contributed by atoms with van der Waals surface area (Å²) < 4.78 is 0. The second kappa shape index (κ2) is 6.49. The predicted molar refractivity (Wildman–Crippen MR) is 102 cm³/mol. The van der Waals surface area contributed by atoms with Crippen molar-refractivity contribution in [3.05, 3.63) is 60.7 Å². The van der Waals surface area contributed by atoms with Crippen LogP contribution in [-0.4, -0.2) is 26.2 Å². The van der Waals surface area contributed by atoms with Crippen molar-refractivity contribution in [2.45, 2.75) is 5.16 Å². The summed E-state index contributed by atoms with van der Waals surface area (Å²) in [5.74, 6) is 0.346. The zero-order chi connectivity index (χ0) is 17.2. The van der Waals surface area contributed by atoms with Crippen molar-refractivity contribution >= 4 is 28.7 Å². The summed E-state index contributed by atoms with van der Waals surface area (Å²) in [5.41, 5.74) is 10.6. The third-order valence-corrected chi connectivity index (χ3v) is 4.36. The normalized spacial score (nSPS) is 10.9. The standard InChI is InChI=1S/C19H15N5S/c1-25-19-23-17(20)16-18(24-19)22-15(13-10-6-3-7-11-13)14(21-16)12-8-4-2-5-9-12/h2-11H,1H3,(H2,20,22,23,24). The molecule has 4 aromatic rings. The minimum atomic E-state index is 0.346. The Morgan fingerprint density at radius 1 is 0.720 bits per heavy atom. The second-order valence-corrected chi connectivity index (χ2v) is 6.19. The summed E-state index contributed by atoms with van der Waals surface area (Å²) in [7, 11) is 0. The number of anilines is 1. The maximum atomic E-state index is 6.10. The van der Waals surface area contributed by atoms with E-state index in [2.05, 4.69) is 9.97 Å². The average molecular weight is 345 g/mol. The third kappa shape index (κ3) is 2.92. The van der Waals surface area contributed by atoms with Gasteiger partial charge in [0.25, 0.3) is 0 Å². The van der Waals surface area contributed by atoms with Crippen molar-refractivity contribution in [1.29, 1.82) is 0 Å². The topological polar surface area (TPSA) is 77.6 Å². The lowest BCUT2D eigenvalue weighted by molar-refractivity contribution is 0.992. The molecule has 0 aliphatic heterocycles. The van der Waals surface area contributed by atoms with E-state index < -0.39 is 0 Å². The van der Waals surface area contributed by atoms with Crippen LogP contribution < -0.4 is 5.73 Å². The zero-order valence-corrected chi connectivity index (χ0v) is 14.4. The van der Waals surface area contributed by atoms with Crippen molar-refractivity contribution < 1.29 is 0 Å². The molecule has 0 radical (unpaired) electrons. The maximum Gasteiger partial charge on any atom is 0.191 e. The summed E-state index contributed by atoms with van der Waals surface area (Å²) in [5, 5.41) is 0.589. The summed E-state index contributed by atoms with van der Waals surface area (Å²) in [6.07, 6.45) is 1.91. The lowest BCUT2D eigenvalue weighted by Crippen LogP contribution is -2.03. The first-order chi connectivity index (χ1) is 12.3. The van der Waals surface area contributed by atoms with Crippen LogP contribution in [0.1, 0.15) is 0 Å². The van der Waals surface area contributed by atoms with E-state index in [1.807, 2.05) is 66.9 Å². The van der Waals surface area contributed by atoms with Gasteiger partial charge in [0.05, 0.1) is 11.4 Å². The monoisotopic (exact) mass is 345 g/mol. The Kier molecular flexibility index (Phi) is 4.03. The van der Waals surface area contributed by atoms with Crippen LogP contribution in [0.3, 0.4) is 0 Å². The first-order valence-electron chi connectivity index (χ1n) is 7.76. The molecule has 0 spiro atoms. The second-order valence-electron chi connectivity index (χ2n) is 5.42. The fourth-order valence-electron chi connectivity index (χ4n) is 2.63. The molecule has 2 aromatic heterocycles. The maximum absolute atomic E-state index is 6.10. The van der Waals surface area contributed by atoms with Crippen LogP contribution in [0.4, 0.5) is 5.82 Å². The Morgan fingerprint density at radius 3 is 1.84 bits per heavy atom. The third-order valence-electron chi connectivity index (χ3n) is 3.81. The molecule has 0 aliphatic carbocycles. The number of nitrogens with zero attached hydrogens (tertiary/aromatic N) is 4. The highest BCUT2D eigenvalue weighted by Gasteiger charge is 2.16. The molecule has 2 aromatic carbocycles. The van der Waals surface area contributed by atoms with Crippen LogP contribution in [0.25, 0.3) is 33.7 Å². The molecule has 0 saturated heterocycles. The van der Waals surface area contributed by atoms with Crippen LogP contribution >= 0.6 is 11.8 Å². The highest BCUT2D eigenvalue weighted by Crippen LogP contribution is 2.31. The number of rotatable bonds is 3. The lowest BCUT2D eigenvalue weighted by atomic mass is 10.0. The Labute approximate surface area is 149 Å². The Balaban J connectivity index is 2.06. The molecule has 0 unspecified atom stereocenters. The first kappa shape index (κ1) is 15.5. The molecule has 0 atom stereocenters. The number of nitrogen functional groups attached to an aromatic ring is 1. The fraction of sp³-hybridized carbons (Fsp3) is 0.0526. The van der Waals surface area contributed by atoms with Crippen LogP contribution in [0.15, 0.2) is 65.8 Å². The van der Waals surface area contributed by atoms with E-state index in [1.54, 1.807) is 0 Å². The predicted octanol–water partition coefficient (Wildman–Crippen LogP) is 4.06. The van der Waals surface area contributed by atoms with Crippen molar-refractivity contribution in [3.8, 4) is 22.5 Å². The van der Waals surface area contributed by atoms with Gasteiger partial charge in [-0.25, -0.2) is 19.9 Å². The molecule has 0 bridgehead atoms. The van der Waals surface area contributed by atoms with Gasteiger partial charge in [0.15, 0.2) is 22.1 Å². The molecule has 2 heterocycles. The molecular formula is C19H15N5S. The SMILES string of the molecule is CSc1nc(N)c2nc(-c3ccccc3)c(-c3ccccc3)nc2n1. The highest BCUT2D eigenvalue weighted by atomic mass is 32.2. The van der Waals surface area contributed by atoms with E-state index in [4.69, 9.17) is 15.7 Å². The lowest BCUT2D eigenvalue weighted by Gasteiger charge is -2.11. The molecule has 0 aliphatic rings. The van der Waals surface area contributed by atoms with E-state index in [0.717, 1.165) is 22.5 Å². The number of benzene rings is 2. The van der Waals surface area contributed by atoms with Crippen LogP contribution in [0, 0.1) is 0 Å². The molecule has 6 heteroatoms. The largest absolute Gasteiger partial charge is 0.382 e. The molecule has 5 nitrogen and oxygen atoms in total. The van der Waals surface area contributed by atoms with Gasteiger partial charge in [0, 0.05) is 11.1 Å². The first-order valence-corrected chi connectivity index (χ1v) is 8.99. The summed E-state index contributed by atoms with van der Waals surface area (Å²) >= 11 is 1.43. The van der Waals surface area contributed by atoms with E-state index in [-0.39, 0.29) is 0 Å². The summed E-state index contributed by atoms with van der Waals surface area (Å²) in [4.78, 5) is 18.3. The minimum Gasteiger partial charge on any atom is -0.382 e. The minimum absolute atomic E-state index is 0.346. The van der Waals surface area contributed by atoms with E-state index >= 15 is 0 Å². The van der Waals surface area contributed by atoms with Crippen molar-refractivity contribution in [2.24, 2.45) is 0 Å². The van der Waals surface area contributed by atoms with Gasteiger partial charge >= 0.3 is 0 Å². The van der Waals surface area contributed by atoms with E-state index in [1.165, 1.54) is 11.8 Å². The smallest absolute Gasteiger partial charge is 0.191 e. The number of nitrogens with two attached hydrogens (primary N) is 1. The molecule has 2 N–H and O–H groups in total. The summed E-state index contributed by atoms with van der Waals surface area (Å²) in [6.45, 7) is 0. The number of hydrogen-bond acceptors (Lipinski definition) is 6. The summed E-state index contributed by atoms with van der Waals surface area (Å²) in [6, 6.07) is 19.9. The van der Waals surface area contributed by atoms with Crippen LogP contribution in [-0.2, 0) is 0 Å². The molecular weight excluding hydrogens is 330 g/mol. The van der Waals surface area contributed by atoms with Gasteiger partial charge in [-0.3, -0.25) is 0 Å². The average Bonchev–Trinajstić information content (AvgIpc) is 2.68. The quantitative estimate of drug-likeness (QED) is 0.446. The molecule has 25 heavy (non-hydrogen) atoms.